The summed E-state index contributed by atoms with van der Waals surface area (Å²) in [5.74, 6) is -0.556. The largest absolute Gasteiger partial charge is 0.416 e. The van der Waals surface area contributed by atoms with E-state index >= 15 is 0 Å². The second-order valence-corrected chi connectivity index (χ2v) is 7.34. The SMILES string of the molecule is C=C(C(N)=O)c1ccc2c(ccn2Cc2ccc(-c3cccc(C(F)(F)F)c3)cc2)c1. The Morgan fingerprint density at radius 2 is 1.68 bits per heavy atom. The maximum Gasteiger partial charge on any atom is 0.416 e. The zero-order chi connectivity index (χ0) is 22.2. The molecule has 0 atom stereocenters. The Morgan fingerprint density at radius 3 is 2.35 bits per heavy atom. The summed E-state index contributed by atoms with van der Waals surface area (Å²) in [4.78, 5) is 11.3. The Hall–Kier alpha value is -3.80. The standard InChI is InChI=1S/C25H19F3N2O/c1-16(24(29)31)19-9-10-23-21(13-19)11-12-30(23)15-17-5-7-18(8-6-17)20-3-2-4-22(14-20)25(26,27)28/h2-14H,1,15H2,(H2,29,31). The number of aromatic nitrogens is 1. The summed E-state index contributed by atoms with van der Waals surface area (Å²) in [5, 5.41) is 0.959. The third-order valence-corrected chi connectivity index (χ3v) is 5.25. The lowest BCUT2D eigenvalue weighted by Crippen LogP contribution is -2.11. The fraction of sp³-hybridized carbons (Fsp3) is 0.0800. The van der Waals surface area contributed by atoms with E-state index in [0.29, 0.717) is 17.7 Å². The molecule has 156 valence electrons. The van der Waals surface area contributed by atoms with Crippen molar-refractivity contribution >= 4 is 22.4 Å². The molecule has 0 fully saturated rings. The topological polar surface area (TPSA) is 48.0 Å². The zero-order valence-corrected chi connectivity index (χ0v) is 16.5. The monoisotopic (exact) mass is 420 g/mol. The van der Waals surface area contributed by atoms with Gasteiger partial charge in [-0.25, -0.2) is 0 Å². The van der Waals surface area contributed by atoms with Gasteiger partial charge in [0.1, 0.15) is 0 Å². The second kappa shape index (κ2) is 7.80. The molecular formula is C25H19F3N2O. The lowest BCUT2D eigenvalue weighted by molar-refractivity contribution is -0.137. The normalized spacial score (nSPS) is 11.6. The Balaban J connectivity index is 1.56. The minimum absolute atomic E-state index is 0.264. The Bertz CT molecular complexity index is 1280. The van der Waals surface area contributed by atoms with Crippen LogP contribution in [0.5, 0.6) is 0 Å². The molecule has 1 heterocycles. The van der Waals surface area contributed by atoms with Crippen LogP contribution in [0.4, 0.5) is 13.2 Å². The van der Waals surface area contributed by atoms with Crippen molar-refractivity contribution in [2.45, 2.75) is 12.7 Å². The summed E-state index contributed by atoms with van der Waals surface area (Å²) in [5.41, 5.74) is 8.84. The number of benzene rings is 3. The van der Waals surface area contributed by atoms with Crippen LogP contribution in [0.15, 0.2) is 85.6 Å². The van der Waals surface area contributed by atoms with Crippen LogP contribution in [-0.2, 0) is 17.5 Å². The fourth-order valence-electron chi connectivity index (χ4n) is 3.54. The van der Waals surface area contributed by atoms with E-state index in [1.165, 1.54) is 6.07 Å². The highest BCUT2D eigenvalue weighted by molar-refractivity contribution is 6.18. The molecule has 3 nitrogen and oxygen atoms in total. The number of hydrogen-bond acceptors (Lipinski definition) is 1. The van der Waals surface area contributed by atoms with Gasteiger partial charge in [-0.1, -0.05) is 49.0 Å². The molecule has 2 N–H and O–H groups in total. The number of fused-ring (bicyclic) bond motifs is 1. The molecule has 1 amide bonds. The summed E-state index contributed by atoms with van der Waals surface area (Å²) in [6.07, 6.45) is -2.42. The molecule has 0 aliphatic rings. The van der Waals surface area contributed by atoms with Crippen LogP contribution < -0.4 is 5.73 Å². The van der Waals surface area contributed by atoms with E-state index in [0.717, 1.165) is 34.2 Å². The van der Waals surface area contributed by atoms with Gasteiger partial charge in [0, 0.05) is 29.2 Å². The Kier molecular flexibility index (Phi) is 5.15. The van der Waals surface area contributed by atoms with E-state index in [1.54, 1.807) is 6.07 Å². The summed E-state index contributed by atoms with van der Waals surface area (Å²) in [6.45, 7) is 4.31. The molecule has 0 saturated heterocycles. The Morgan fingerprint density at radius 1 is 0.935 bits per heavy atom. The van der Waals surface area contributed by atoms with Crippen LogP contribution in [0.25, 0.3) is 27.6 Å². The predicted molar refractivity (Wildman–Crippen MR) is 116 cm³/mol. The predicted octanol–water partition coefficient (Wildman–Crippen LogP) is 5.87. The van der Waals surface area contributed by atoms with Crippen molar-refractivity contribution in [1.82, 2.24) is 4.57 Å². The van der Waals surface area contributed by atoms with Crippen LogP contribution in [-0.4, -0.2) is 10.5 Å². The van der Waals surface area contributed by atoms with Gasteiger partial charge < -0.3 is 10.3 Å². The van der Waals surface area contributed by atoms with Crippen LogP contribution >= 0.6 is 0 Å². The molecule has 3 aromatic carbocycles. The second-order valence-electron chi connectivity index (χ2n) is 7.34. The average Bonchev–Trinajstić information content (AvgIpc) is 3.15. The number of nitrogens with zero attached hydrogens (tertiary/aromatic N) is 1. The van der Waals surface area contributed by atoms with E-state index in [4.69, 9.17) is 5.73 Å². The first-order chi connectivity index (χ1) is 14.7. The number of carbonyl (C=O) groups excluding carboxylic acids is 1. The molecule has 31 heavy (non-hydrogen) atoms. The van der Waals surface area contributed by atoms with Crippen LogP contribution in [0.3, 0.4) is 0 Å². The molecule has 0 bridgehead atoms. The van der Waals surface area contributed by atoms with E-state index in [-0.39, 0.29) is 5.57 Å². The van der Waals surface area contributed by atoms with Crippen molar-refractivity contribution in [3.05, 3.63) is 102 Å². The number of hydrogen-bond donors (Lipinski definition) is 1. The van der Waals surface area contributed by atoms with Crippen molar-refractivity contribution in [3.8, 4) is 11.1 Å². The molecule has 4 rings (SSSR count). The van der Waals surface area contributed by atoms with Gasteiger partial charge in [0.25, 0.3) is 0 Å². The number of alkyl halides is 3. The fourth-order valence-corrected chi connectivity index (χ4v) is 3.54. The average molecular weight is 420 g/mol. The molecule has 0 aliphatic heterocycles. The third kappa shape index (κ3) is 4.23. The maximum atomic E-state index is 13.0. The van der Waals surface area contributed by atoms with Gasteiger partial charge in [-0.05, 0) is 52.6 Å². The minimum Gasteiger partial charge on any atom is -0.366 e. The molecule has 1 aromatic heterocycles. The summed E-state index contributed by atoms with van der Waals surface area (Å²) >= 11 is 0. The number of primary amides is 1. The number of halogens is 3. The van der Waals surface area contributed by atoms with Gasteiger partial charge in [-0.15, -0.1) is 0 Å². The number of carbonyl (C=O) groups is 1. The first-order valence-corrected chi connectivity index (χ1v) is 9.57. The van der Waals surface area contributed by atoms with Crippen molar-refractivity contribution < 1.29 is 18.0 Å². The van der Waals surface area contributed by atoms with Gasteiger partial charge in [0.05, 0.1) is 5.56 Å². The molecule has 0 aliphatic carbocycles. The highest BCUT2D eigenvalue weighted by Crippen LogP contribution is 2.32. The zero-order valence-electron chi connectivity index (χ0n) is 16.5. The van der Waals surface area contributed by atoms with E-state index in [2.05, 4.69) is 11.1 Å². The van der Waals surface area contributed by atoms with Gasteiger partial charge >= 0.3 is 6.18 Å². The van der Waals surface area contributed by atoms with Gasteiger partial charge in [-0.3, -0.25) is 4.79 Å². The Labute approximate surface area is 177 Å². The molecule has 0 saturated carbocycles. The molecular weight excluding hydrogens is 401 g/mol. The van der Waals surface area contributed by atoms with Crippen molar-refractivity contribution in [2.75, 3.05) is 0 Å². The molecule has 0 radical (unpaired) electrons. The van der Waals surface area contributed by atoms with Crippen LogP contribution in [0.1, 0.15) is 16.7 Å². The first-order valence-electron chi connectivity index (χ1n) is 9.57. The van der Waals surface area contributed by atoms with Crippen LogP contribution in [0, 0.1) is 0 Å². The van der Waals surface area contributed by atoms with Crippen molar-refractivity contribution in [3.63, 3.8) is 0 Å². The number of nitrogens with two attached hydrogens (primary N) is 1. The highest BCUT2D eigenvalue weighted by atomic mass is 19.4. The van der Waals surface area contributed by atoms with Gasteiger partial charge in [0.2, 0.25) is 5.91 Å². The van der Waals surface area contributed by atoms with Crippen molar-refractivity contribution in [2.24, 2.45) is 5.73 Å². The van der Waals surface area contributed by atoms with Gasteiger partial charge in [-0.2, -0.15) is 13.2 Å². The number of amides is 1. The van der Waals surface area contributed by atoms with E-state index in [1.807, 2.05) is 54.7 Å². The molecule has 6 heteroatoms. The van der Waals surface area contributed by atoms with E-state index in [9.17, 15) is 18.0 Å². The molecule has 0 spiro atoms. The van der Waals surface area contributed by atoms with Crippen LogP contribution in [0.2, 0.25) is 0 Å². The molecule has 0 unspecified atom stereocenters. The summed E-state index contributed by atoms with van der Waals surface area (Å²) in [7, 11) is 0. The first kappa shape index (κ1) is 20.5. The lowest BCUT2D eigenvalue weighted by atomic mass is 10.0. The minimum atomic E-state index is -4.37. The third-order valence-electron chi connectivity index (χ3n) is 5.25. The summed E-state index contributed by atoms with van der Waals surface area (Å²) in [6, 6.07) is 20.3. The van der Waals surface area contributed by atoms with E-state index < -0.39 is 17.6 Å². The lowest BCUT2D eigenvalue weighted by Gasteiger charge is -2.10. The molecule has 4 aromatic rings. The quantitative estimate of drug-likeness (QED) is 0.403. The highest BCUT2D eigenvalue weighted by Gasteiger charge is 2.30. The summed E-state index contributed by atoms with van der Waals surface area (Å²) < 4.78 is 41.0. The van der Waals surface area contributed by atoms with Crippen molar-refractivity contribution in [1.29, 1.82) is 0 Å². The number of rotatable bonds is 5. The maximum absolute atomic E-state index is 13.0. The van der Waals surface area contributed by atoms with Gasteiger partial charge in [0.15, 0.2) is 0 Å². The smallest absolute Gasteiger partial charge is 0.366 e.